The number of benzene rings is 1. The molecule has 0 bridgehead atoms. The van der Waals surface area contributed by atoms with Crippen LogP contribution in [0.25, 0.3) is 0 Å². The molecule has 0 saturated heterocycles. The molecule has 66 valence electrons. The van der Waals surface area contributed by atoms with E-state index in [0.717, 1.165) is 5.56 Å². The Morgan fingerprint density at radius 2 is 2.00 bits per heavy atom. The minimum absolute atomic E-state index is 0.581. The summed E-state index contributed by atoms with van der Waals surface area (Å²) in [5.74, 6) is 0.581. The minimum Gasteiger partial charge on any atom is -0.380 e. The van der Waals surface area contributed by atoms with E-state index in [1.807, 2.05) is 25.1 Å². The molecule has 3 nitrogen and oxygen atoms in total. The summed E-state index contributed by atoms with van der Waals surface area (Å²) in [5.41, 5.74) is 0.933. The van der Waals surface area contributed by atoms with Crippen molar-refractivity contribution in [2.75, 3.05) is 7.11 Å². The fourth-order valence-corrected chi connectivity index (χ4v) is 1.16. The fraction of sp³-hybridized carbons (Fsp3) is 0.250. The van der Waals surface area contributed by atoms with Crippen molar-refractivity contribution in [3.05, 3.63) is 29.8 Å². The maximum absolute atomic E-state index is 10.8. The lowest BCUT2D eigenvalue weighted by molar-refractivity contribution is 0.383. The van der Waals surface area contributed by atoms with Crippen molar-refractivity contribution in [1.82, 2.24) is 0 Å². The maximum atomic E-state index is 10.8. The van der Waals surface area contributed by atoms with Gasteiger partial charge in [-0.05, 0) is 18.6 Å². The zero-order valence-corrected chi connectivity index (χ0v) is 7.76. The Morgan fingerprint density at radius 3 is 2.58 bits per heavy atom. The Morgan fingerprint density at radius 1 is 1.33 bits per heavy atom. The lowest BCUT2D eigenvalue weighted by Crippen LogP contribution is -2.02. The molecule has 12 heavy (non-hydrogen) atoms. The molecule has 1 unspecified atom stereocenters. The van der Waals surface area contributed by atoms with Crippen molar-refractivity contribution in [3.63, 3.8) is 0 Å². The van der Waals surface area contributed by atoms with E-state index in [0.29, 0.717) is 5.75 Å². The normalized spacial score (nSPS) is 12.5. The predicted octanol–water partition coefficient (Wildman–Crippen LogP) is 1.60. The summed E-state index contributed by atoms with van der Waals surface area (Å²) in [6, 6.07) is 7.32. The van der Waals surface area contributed by atoms with Gasteiger partial charge in [-0.1, -0.05) is 18.2 Å². The molecule has 0 fully saturated rings. The molecule has 0 aliphatic carbocycles. The lowest BCUT2D eigenvalue weighted by atomic mass is 10.2. The first-order valence-corrected chi connectivity index (χ1v) is 4.44. The average molecular weight is 186 g/mol. The minimum atomic E-state index is -1.69. The first-order valence-electron chi connectivity index (χ1n) is 3.44. The van der Waals surface area contributed by atoms with E-state index < -0.39 is 11.4 Å². The van der Waals surface area contributed by atoms with Gasteiger partial charge in [0.05, 0.1) is 7.11 Å². The third-order valence-electron chi connectivity index (χ3n) is 1.39. The Kier molecular flexibility index (Phi) is 3.25. The smallest absolute Gasteiger partial charge is 0.359 e. The molecule has 0 spiro atoms. The zero-order valence-electron chi connectivity index (χ0n) is 6.94. The molecule has 0 saturated carbocycles. The fourth-order valence-electron chi connectivity index (χ4n) is 0.757. The zero-order chi connectivity index (χ0) is 8.97. The van der Waals surface area contributed by atoms with Crippen molar-refractivity contribution in [1.29, 1.82) is 0 Å². The SMILES string of the molecule is COS(=O)Oc1ccccc1C. The number of rotatable bonds is 3. The molecule has 0 aromatic heterocycles. The molecular formula is C8H10O3S. The molecule has 0 radical (unpaired) electrons. The Bertz CT molecular complexity index is 285. The first kappa shape index (κ1) is 9.22. The number of hydrogen-bond donors (Lipinski definition) is 0. The van der Waals surface area contributed by atoms with Gasteiger partial charge in [-0.2, -0.15) is 4.21 Å². The first-order chi connectivity index (χ1) is 5.74. The third-order valence-corrected chi connectivity index (χ3v) is 1.98. The topological polar surface area (TPSA) is 35.5 Å². The molecule has 1 aromatic rings. The quantitative estimate of drug-likeness (QED) is 0.719. The van der Waals surface area contributed by atoms with E-state index in [9.17, 15) is 4.21 Å². The van der Waals surface area contributed by atoms with Crippen molar-refractivity contribution >= 4 is 11.4 Å². The summed E-state index contributed by atoms with van der Waals surface area (Å²) in [6.45, 7) is 1.88. The second-order valence-corrected chi connectivity index (χ2v) is 3.13. The summed E-state index contributed by atoms with van der Waals surface area (Å²) in [7, 11) is 1.33. The van der Waals surface area contributed by atoms with Gasteiger partial charge in [0.2, 0.25) is 0 Å². The van der Waals surface area contributed by atoms with Gasteiger partial charge in [-0.3, -0.25) is 4.18 Å². The number of para-hydroxylation sites is 1. The van der Waals surface area contributed by atoms with Gasteiger partial charge in [0.25, 0.3) is 0 Å². The van der Waals surface area contributed by atoms with Crippen molar-refractivity contribution in [3.8, 4) is 5.75 Å². The molecule has 0 aliphatic rings. The highest BCUT2D eigenvalue weighted by atomic mass is 32.2. The highest BCUT2D eigenvalue weighted by molar-refractivity contribution is 7.75. The van der Waals surface area contributed by atoms with Crippen LogP contribution in [0.1, 0.15) is 5.56 Å². The van der Waals surface area contributed by atoms with Crippen LogP contribution in [-0.4, -0.2) is 11.3 Å². The summed E-state index contributed by atoms with van der Waals surface area (Å²) >= 11 is -1.69. The van der Waals surface area contributed by atoms with Crippen LogP contribution in [0.3, 0.4) is 0 Å². The van der Waals surface area contributed by atoms with E-state index in [1.165, 1.54) is 7.11 Å². The van der Waals surface area contributed by atoms with Gasteiger partial charge < -0.3 is 4.18 Å². The van der Waals surface area contributed by atoms with Gasteiger partial charge in [0.15, 0.2) is 0 Å². The Hall–Kier alpha value is -0.870. The standard InChI is InChI=1S/C8H10O3S/c1-7-5-3-4-6-8(7)11-12(9)10-2/h3-6H,1-2H3. The van der Waals surface area contributed by atoms with Gasteiger partial charge in [-0.15, -0.1) is 0 Å². The largest absolute Gasteiger partial charge is 0.380 e. The van der Waals surface area contributed by atoms with Crippen LogP contribution in [-0.2, 0) is 15.5 Å². The van der Waals surface area contributed by atoms with Gasteiger partial charge in [0.1, 0.15) is 5.75 Å². The molecule has 0 heterocycles. The number of aryl methyl sites for hydroxylation is 1. The van der Waals surface area contributed by atoms with Gasteiger partial charge >= 0.3 is 11.4 Å². The average Bonchev–Trinajstić information content (AvgIpc) is 2.09. The molecule has 0 aliphatic heterocycles. The van der Waals surface area contributed by atoms with Crippen LogP contribution in [0, 0.1) is 6.92 Å². The van der Waals surface area contributed by atoms with Crippen LogP contribution in [0.2, 0.25) is 0 Å². The molecule has 0 N–H and O–H groups in total. The molecule has 4 heteroatoms. The second kappa shape index (κ2) is 4.23. The predicted molar refractivity (Wildman–Crippen MR) is 47.0 cm³/mol. The van der Waals surface area contributed by atoms with E-state index in [4.69, 9.17) is 4.18 Å². The van der Waals surface area contributed by atoms with E-state index in [-0.39, 0.29) is 0 Å². The van der Waals surface area contributed by atoms with E-state index in [1.54, 1.807) is 6.07 Å². The molecule has 1 atom stereocenters. The highest BCUT2D eigenvalue weighted by Gasteiger charge is 2.02. The third kappa shape index (κ3) is 2.32. The molecule has 1 rings (SSSR count). The lowest BCUT2D eigenvalue weighted by Gasteiger charge is -2.04. The van der Waals surface area contributed by atoms with E-state index >= 15 is 0 Å². The van der Waals surface area contributed by atoms with Gasteiger partial charge in [-0.25, -0.2) is 0 Å². The Labute approximate surface area is 74.2 Å². The van der Waals surface area contributed by atoms with Crippen LogP contribution in [0.5, 0.6) is 5.75 Å². The Balaban J connectivity index is 2.75. The van der Waals surface area contributed by atoms with Gasteiger partial charge in [0, 0.05) is 0 Å². The highest BCUT2D eigenvalue weighted by Crippen LogP contribution is 2.16. The van der Waals surface area contributed by atoms with Crippen molar-refractivity contribution in [2.24, 2.45) is 0 Å². The number of hydrogen-bond acceptors (Lipinski definition) is 3. The van der Waals surface area contributed by atoms with Crippen LogP contribution in [0.15, 0.2) is 24.3 Å². The summed E-state index contributed by atoms with van der Waals surface area (Å²) in [6.07, 6.45) is 0. The molecule has 1 aromatic carbocycles. The van der Waals surface area contributed by atoms with Crippen LogP contribution < -0.4 is 4.18 Å². The second-order valence-electron chi connectivity index (χ2n) is 2.22. The maximum Gasteiger partial charge on any atom is 0.359 e. The van der Waals surface area contributed by atoms with E-state index in [2.05, 4.69) is 4.18 Å². The summed E-state index contributed by atoms with van der Waals surface area (Å²) < 4.78 is 20.2. The summed E-state index contributed by atoms with van der Waals surface area (Å²) in [4.78, 5) is 0. The van der Waals surface area contributed by atoms with Crippen LogP contribution in [0.4, 0.5) is 0 Å². The monoisotopic (exact) mass is 186 g/mol. The van der Waals surface area contributed by atoms with Crippen LogP contribution >= 0.6 is 0 Å². The molecular weight excluding hydrogens is 176 g/mol. The van der Waals surface area contributed by atoms with Crippen molar-refractivity contribution < 1.29 is 12.6 Å². The summed E-state index contributed by atoms with van der Waals surface area (Å²) in [5, 5.41) is 0. The molecule has 0 amide bonds. The van der Waals surface area contributed by atoms with Crippen molar-refractivity contribution in [2.45, 2.75) is 6.92 Å².